The maximum atomic E-state index is 13.8. The Morgan fingerprint density at radius 3 is 2.87 bits per heavy atom. The van der Waals surface area contributed by atoms with Crippen LogP contribution in [0.25, 0.3) is 11.1 Å². The lowest BCUT2D eigenvalue weighted by Crippen LogP contribution is -2.66. The van der Waals surface area contributed by atoms with Gasteiger partial charge in [0.05, 0.1) is 24.4 Å². The van der Waals surface area contributed by atoms with E-state index < -0.39 is 5.54 Å². The Morgan fingerprint density at radius 1 is 1.26 bits per heavy atom. The predicted molar refractivity (Wildman–Crippen MR) is 117 cm³/mol. The van der Waals surface area contributed by atoms with E-state index >= 15 is 0 Å². The summed E-state index contributed by atoms with van der Waals surface area (Å²) in [4.78, 5) is 29.2. The highest BCUT2D eigenvalue weighted by Gasteiger charge is 2.49. The number of carbonyl (C=O) groups is 2. The third kappa shape index (κ3) is 3.37. The normalized spacial score (nSPS) is 33.6. The van der Waals surface area contributed by atoms with Crippen LogP contribution in [-0.2, 0) is 16.1 Å². The van der Waals surface area contributed by atoms with Crippen LogP contribution in [0, 0.1) is 11.8 Å². The zero-order valence-electron chi connectivity index (χ0n) is 18.7. The van der Waals surface area contributed by atoms with Crippen molar-refractivity contribution in [1.82, 2.24) is 14.8 Å². The van der Waals surface area contributed by atoms with E-state index in [9.17, 15) is 9.59 Å². The highest BCUT2D eigenvalue weighted by atomic mass is 16.5. The zero-order valence-corrected chi connectivity index (χ0v) is 18.7. The van der Waals surface area contributed by atoms with Crippen LogP contribution in [0.1, 0.15) is 63.4 Å². The maximum absolute atomic E-state index is 13.8. The lowest BCUT2D eigenvalue weighted by atomic mass is 9.77. The van der Waals surface area contributed by atoms with Crippen molar-refractivity contribution in [2.24, 2.45) is 11.8 Å². The first-order valence-corrected chi connectivity index (χ1v) is 11.7. The van der Waals surface area contributed by atoms with E-state index in [4.69, 9.17) is 9.15 Å². The molecule has 0 bridgehead atoms. The molecule has 3 aliphatic rings. The number of hydrogen-bond acceptors (Lipinski definition) is 4. The number of hydrogen-bond donors (Lipinski definition) is 1. The maximum Gasteiger partial charge on any atom is 0.271 e. The standard InChI is InChI=1S/C24H33N3O4/c1-15-6-4-8-18(16(15)2)25-23(29)24(3)14-26-19-9-11-31-21(19)12-20(26)22(28)27(24)13-17-7-5-10-30-17/h9,11-12,15-18H,4-8,10,13-14H2,1-3H3,(H,25,29). The van der Waals surface area contributed by atoms with Crippen LogP contribution in [0.2, 0.25) is 0 Å². The lowest BCUT2D eigenvalue weighted by molar-refractivity contribution is -0.135. The monoisotopic (exact) mass is 427 g/mol. The Kier molecular flexibility index (Phi) is 5.12. The van der Waals surface area contributed by atoms with E-state index in [-0.39, 0.29) is 24.0 Å². The second kappa shape index (κ2) is 7.69. The van der Waals surface area contributed by atoms with E-state index in [2.05, 4.69) is 19.2 Å². The van der Waals surface area contributed by atoms with Gasteiger partial charge in [0.1, 0.15) is 11.2 Å². The molecule has 4 heterocycles. The molecule has 0 spiro atoms. The minimum absolute atomic E-state index is 0.0193. The van der Waals surface area contributed by atoms with E-state index in [0.29, 0.717) is 36.2 Å². The molecule has 2 aromatic heterocycles. The Balaban J connectivity index is 1.48. The quantitative estimate of drug-likeness (QED) is 0.809. The van der Waals surface area contributed by atoms with E-state index in [0.717, 1.165) is 37.8 Å². The van der Waals surface area contributed by atoms with Crippen LogP contribution in [0.3, 0.4) is 0 Å². The summed E-state index contributed by atoms with van der Waals surface area (Å²) in [5.41, 5.74) is 1.13. The van der Waals surface area contributed by atoms with Crippen molar-refractivity contribution in [2.75, 3.05) is 13.2 Å². The topological polar surface area (TPSA) is 76.7 Å². The number of amides is 2. The molecule has 1 aliphatic carbocycles. The third-order valence-electron chi connectivity index (χ3n) is 7.97. The first kappa shape index (κ1) is 20.6. The second-order valence-corrected chi connectivity index (χ2v) is 9.96. The van der Waals surface area contributed by atoms with Gasteiger partial charge in [-0.25, -0.2) is 0 Å². The summed E-state index contributed by atoms with van der Waals surface area (Å²) in [6, 6.07) is 3.81. The van der Waals surface area contributed by atoms with Gasteiger partial charge in [-0.3, -0.25) is 9.59 Å². The molecular formula is C24H33N3O4. The van der Waals surface area contributed by atoms with Crippen molar-refractivity contribution in [3.63, 3.8) is 0 Å². The Hall–Kier alpha value is -2.28. The number of carbonyl (C=O) groups excluding carboxylic acids is 2. The summed E-state index contributed by atoms with van der Waals surface area (Å²) in [6.45, 7) is 7.96. The van der Waals surface area contributed by atoms with Crippen molar-refractivity contribution in [3.8, 4) is 0 Å². The van der Waals surface area contributed by atoms with Gasteiger partial charge in [-0.1, -0.05) is 26.7 Å². The molecule has 5 atom stereocenters. The van der Waals surface area contributed by atoms with Gasteiger partial charge in [0, 0.05) is 31.3 Å². The third-order valence-corrected chi connectivity index (χ3v) is 7.97. The van der Waals surface area contributed by atoms with Crippen molar-refractivity contribution >= 4 is 22.9 Å². The molecule has 2 amide bonds. The molecule has 2 aliphatic heterocycles. The van der Waals surface area contributed by atoms with Gasteiger partial charge < -0.3 is 23.9 Å². The number of furan rings is 1. The first-order chi connectivity index (χ1) is 14.9. The smallest absolute Gasteiger partial charge is 0.271 e. The SMILES string of the molecule is CC1CCCC(NC(=O)C2(C)Cn3c(cc4occc43)C(=O)N2CC2CCCO2)C1C. The van der Waals surface area contributed by atoms with E-state index in [1.54, 1.807) is 17.2 Å². The van der Waals surface area contributed by atoms with Crippen LogP contribution in [-0.4, -0.2) is 52.1 Å². The number of nitrogens with one attached hydrogen (secondary N) is 1. The number of nitrogens with zero attached hydrogens (tertiary/aromatic N) is 2. The molecule has 1 N–H and O–H groups in total. The highest BCUT2D eigenvalue weighted by Crippen LogP contribution is 2.35. The summed E-state index contributed by atoms with van der Waals surface area (Å²) < 4.78 is 13.3. The number of ether oxygens (including phenoxy) is 1. The fraction of sp³-hybridized carbons (Fsp3) is 0.667. The molecule has 7 heteroatoms. The van der Waals surface area contributed by atoms with Gasteiger partial charge in [-0.15, -0.1) is 0 Å². The number of aromatic nitrogens is 1. The molecule has 2 fully saturated rings. The molecule has 5 unspecified atom stereocenters. The van der Waals surface area contributed by atoms with Crippen LogP contribution in [0.15, 0.2) is 22.8 Å². The lowest BCUT2D eigenvalue weighted by Gasteiger charge is -2.46. The molecule has 7 nitrogen and oxygen atoms in total. The molecule has 0 radical (unpaired) electrons. The summed E-state index contributed by atoms with van der Waals surface area (Å²) in [5.74, 6) is 0.816. The first-order valence-electron chi connectivity index (χ1n) is 11.7. The largest absolute Gasteiger partial charge is 0.463 e. The van der Waals surface area contributed by atoms with E-state index in [1.807, 2.05) is 17.6 Å². The molecular weight excluding hydrogens is 394 g/mol. The molecule has 1 saturated carbocycles. The number of fused-ring (bicyclic) bond motifs is 3. The molecule has 0 aromatic carbocycles. The molecule has 2 aromatic rings. The van der Waals surface area contributed by atoms with Crippen molar-refractivity contribution in [3.05, 3.63) is 24.1 Å². The second-order valence-electron chi connectivity index (χ2n) is 9.96. The zero-order chi connectivity index (χ0) is 21.8. The van der Waals surface area contributed by atoms with Gasteiger partial charge in [0.25, 0.3) is 5.91 Å². The summed E-state index contributed by atoms with van der Waals surface area (Å²) in [7, 11) is 0. The van der Waals surface area contributed by atoms with Crippen molar-refractivity contribution in [1.29, 1.82) is 0 Å². The van der Waals surface area contributed by atoms with Crippen molar-refractivity contribution in [2.45, 2.75) is 77.1 Å². The number of rotatable bonds is 4. The van der Waals surface area contributed by atoms with Gasteiger partial charge in [-0.2, -0.15) is 0 Å². The van der Waals surface area contributed by atoms with Gasteiger partial charge in [0.2, 0.25) is 5.91 Å². The van der Waals surface area contributed by atoms with Gasteiger partial charge in [-0.05, 0) is 38.0 Å². The Morgan fingerprint density at radius 2 is 2.10 bits per heavy atom. The minimum Gasteiger partial charge on any atom is -0.463 e. The fourth-order valence-electron chi connectivity index (χ4n) is 5.66. The predicted octanol–water partition coefficient (Wildman–Crippen LogP) is 3.57. The average Bonchev–Trinajstić information content (AvgIpc) is 3.47. The van der Waals surface area contributed by atoms with Crippen molar-refractivity contribution < 1.29 is 18.7 Å². The summed E-state index contributed by atoms with van der Waals surface area (Å²) in [5, 5.41) is 3.34. The fourth-order valence-corrected chi connectivity index (χ4v) is 5.66. The van der Waals surface area contributed by atoms with E-state index in [1.165, 1.54) is 6.42 Å². The molecule has 5 rings (SSSR count). The summed E-state index contributed by atoms with van der Waals surface area (Å²) in [6.07, 6.45) is 6.85. The molecule has 31 heavy (non-hydrogen) atoms. The van der Waals surface area contributed by atoms with Gasteiger partial charge in [0.15, 0.2) is 5.58 Å². The minimum atomic E-state index is -0.986. The summed E-state index contributed by atoms with van der Waals surface area (Å²) >= 11 is 0. The van der Waals surface area contributed by atoms with Gasteiger partial charge >= 0.3 is 0 Å². The molecule has 1 saturated heterocycles. The van der Waals surface area contributed by atoms with Crippen LogP contribution < -0.4 is 5.32 Å². The average molecular weight is 428 g/mol. The van der Waals surface area contributed by atoms with Crippen LogP contribution in [0.4, 0.5) is 0 Å². The molecule has 168 valence electrons. The Labute approximate surface area is 183 Å². The Bertz CT molecular complexity index is 988. The van der Waals surface area contributed by atoms with Crippen LogP contribution >= 0.6 is 0 Å². The highest BCUT2D eigenvalue weighted by molar-refractivity contribution is 6.03. The van der Waals surface area contributed by atoms with Crippen LogP contribution in [0.5, 0.6) is 0 Å².